The minimum absolute atomic E-state index is 0.666. The summed E-state index contributed by atoms with van der Waals surface area (Å²) in [6, 6.07) is 2.10. The molecule has 0 aromatic rings. The number of hydrogen-bond acceptors (Lipinski definition) is 3. The summed E-state index contributed by atoms with van der Waals surface area (Å²) >= 11 is 0. The molecule has 0 aliphatic heterocycles. The molecular formula is C13H26N2O. The summed E-state index contributed by atoms with van der Waals surface area (Å²) in [5, 5.41) is 8.71. The van der Waals surface area contributed by atoms with Crippen LogP contribution in [0.15, 0.2) is 0 Å². The predicted octanol–water partition coefficient (Wildman–Crippen LogP) is 2.99. The Labute approximate surface area is 100.0 Å². The standard InChI is InChI=1S/C13H26N2O/c1-3-4-5-7-10-16-11-8-6-9-13(2,15)12-14/h3-11,15H2,1-2H3. The zero-order chi connectivity index (χ0) is 12.3. The minimum atomic E-state index is -0.666. The highest BCUT2D eigenvalue weighted by molar-refractivity contribution is 5.00. The van der Waals surface area contributed by atoms with E-state index in [2.05, 4.69) is 13.0 Å². The van der Waals surface area contributed by atoms with Crippen LogP contribution in [0.4, 0.5) is 0 Å². The quantitative estimate of drug-likeness (QED) is 0.582. The largest absolute Gasteiger partial charge is 0.381 e. The summed E-state index contributed by atoms with van der Waals surface area (Å²) in [5.41, 5.74) is 5.04. The van der Waals surface area contributed by atoms with Crippen molar-refractivity contribution in [2.24, 2.45) is 5.73 Å². The second-order valence-corrected chi connectivity index (χ2v) is 4.66. The van der Waals surface area contributed by atoms with Gasteiger partial charge in [0.05, 0.1) is 6.07 Å². The van der Waals surface area contributed by atoms with Gasteiger partial charge in [-0.3, -0.25) is 0 Å². The fourth-order valence-corrected chi connectivity index (χ4v) is 1.49. The van der Waals surface area contributed by atoms with Gasteiger partial charge in [-0.2, -0.15) is 5.26 Å². The van der Waals surface area contributed by atoms with Gasteiger partial charge in [0.2, 0.25) is 0 Å². The van der Waals surface area contributed by atoms with E-state index in [1.807, 2.05) is 0 Å². The molecule has 0 amide bonds. The van der Waals surface area contributed by atoms with Gasteiger partial charge in [-0.05, 0) is 32.6 Å². The lowest BCUT2D eigenvalue weighted by Gasteiger charge is -2.14. The zero-order valence-electron chi connectivity index (χ0n) is 10.8. The Morgan fingerprint density at radius 1 is 1.12 bits per heavy atom. The lowest BCUT2D eigenvalue weighted by atomic mass is 9.98. The average molecular weight is 226 g/mol. The molecule has 0 heterocycles. The first-order chi connectivity index (χ1) is 7.62. The number of nitriles is 1. The van der Waals surface area contributed by atoms with E-state index in [1.165, 1.54) is 25.7 Å². The minimum Gasteiger partial charge on any atom is -0.381 e. The maximum Gasteiger partial charge on any atom is 0.101 e. The zero-order valence-corrected chi connectivity index (χ0v) is 10.8. The van der Waals surface area contributed by atoms with Crippen molar-refractivity contribution in [1.82, 2.24) is 0 Å². The van der Waals surface area contributed by atoms with Crippen molar-refractivity contribution in [1.29, 1.82) is 5.26 Å². The van der Waals surface area contributed by atoms with Gasteiger partial charge in [0.1, 0.15) is 5.54 Å². The highest BCUT2D eigenvalue weighted by atomic mass is 16.5. The maximum absolute atomic E-state index is 8.71. The van der Waals surface area contributed by atoms with E-state index in [0.29, 0.717) is 0 Å². The first kappa shape index (κ1) is 15.4. The molecule has 0 fully saturated rings. The van der Waals surface area contributed by atoms with Gasteiger partial charge in [-0.25, -0.2) is 0 Å². The first-order valence-corrected chi connectivity index (χ1v) is 6.40. The van der Waals surface area contributed by atoms with Crippen molar-refractivity contribution in [2.45, 2.75) is 64.3 Å². The van der Waals surface area contributed by atoms with E-state index < -0.39 is 5.54 Å². The normalized spacial score (nSPS) is 14.4. The molecule has 0 rings (SSSR count). The molecule has 0 spiro atoms. The van der Waals surface area contributed by atoms with Crippen LogP contribution in [0.3, 0.4) is 0 Å². The van der Waals surface area contributed by atoms with Crippen LogP contribution in [0.25, 0.3) is 0 Å². The summed E-state index contributed by atoms with van der Waals surface area (Å²) in [5.74, 6) is 0. The van der Waals surface area contributed by atoms with E-state index in [0.717, 1.165) is 32.5 Å². The molecule has 0 bridgehead atoms. The monoisotopic (exact) mass is 226 g/mol. The van der Waals surface area contributed by atoms with E-state index in [1.54, 1.807) is 6.92 Å². The Kier molecular flexibility index (Phi) is 9.27. The van der Waals surface area contributed by atoms with Crippen molar-refractivity contribution in [3.05, 3.63) is 0 Å². The lowest BCUT2D eigenvalue weighted by molar-refractivity contribution is 0.125. The molecule has 0 aromatic carbocycles. The lowest BCUT2D eigenvalue weighted by Crippen LogP contribution is -2.33. The SMILES string of the molecule is CCCCCCOCCCCC(C)(N)C#N. The van der Waals surface area contributed by atoms with Crippen molar-refractivity contribution < 1.29 is 4.74 Å². The number of rotatable bonds is 10. The Morgan fingerprint density at radius 3 is 2.31 bits per heavy atom. The van der Waals surface area contributed by atoms with Gasteiger partial charge in [-0.1, -0.05) is 26.2 Å². The van der Waals surface area contributed by atoms with Gasteiger partial charge in [0, 0.05) is 13.2 Å². The fourth-order valence-electron chi connectivity index (χ4n) is 1.49. The van der Waals surface area contributed by atoms with Crippen LogP contribution in [-0.2, 0) is 4.74 Å². The third kappa shape index (κ3) is 9.95. The molecule has 0 saturated carbocycles. The molecule has 0 aromatic heterocycles. The highest BCUT2D eigenvalue weighted by Crippen LogP contribution is 2.09. The second-order valence-electron chi connectivity index (χ2n) is 4.66. The van der Waals surface area contributed by atoms with Gasteiger partial charge in [0.15, 0.2) is 0 Å². The summed E-state index contributed by atoms with van der Waals surface area (Å²) in [7, 11) is 0. The molecule has 3 nitrogen and oxygen atoms in total. The Hall–Kier alpha value is -0.590. The summed E-state index contributed by atoms with van der Waals surface area (Å²) < 4.78 is 5.50. The van der Waals surface area contributed by atoms with Crippen molar-refractivity contribution in [3.8, 4) is 6.07 Å². The van der Waals surface area contributed by atoms with Gasteiger partial charge in [0.25, 0.3) is 0 Å². The van der Waals surface area contributed by atoms with Crippen LogP contribution in [-0.4, -0.2) is 18.8 Å². The molecule has 1 atom stereocenters. The summed E-state index contributed by atoms with van der Waals surface area (Å²) in [6.45, 7) is 5.66. The molecule has 0 aliphatic carbocycles. The molecular weight excluding hydrogens is 200 g/mol. The number of hydrogen-bond donors (Lipinski definition) is 1. The number of nitrogens with two attached hydrogens (primary N) is 1. The Balaban J connectivity index is 3.14. The van der Waals surface area contributed by atoms with Crippen LogP contribution in [0, 0.1) is 11.3 Å². The highest BCUT2D eigenvalue weighted by Gasteiger charge is 2.15. The van der Waals surface area contributed by atoms with Crippen LogP contribution in [0.2, 0.25) is 0 Å². The average Bonchev–Trinajstić information content (AvgIpc) is 2.27. The molecule has 1 unspecified atom stereocenters. The number of nitrogens with zero attached hydrogens (tertiary/aromatic N) is 1. The predicted molar refractivity (Wildman–Crippen MR) is 67.0 cm³/mol. The fraction of sp³-hybridized carbons (Fsp3) is 0.923. The van der Waals surface area contributed by atoms with Gasteiger partial charge >= 0.3 is 0 Å². The second kappa shape index (κ2) is 9.62. The smallest absolute Gasteiger partial charge is 0.101 e. The van der Waals surface area contributed by atoms with E-state index >= 15 is 0 Å². The molecule has 0 radical (unpaired) electrons. The van der Waals surface area contributed by atoms with Gasteiger partial charge < -0.3 is 10.5 Å². The van der Waals surface area contributed by atoms with Crippen molar-refractivity contribution in [2.75, 3.05) is 13.2 Å². The molecule has 3 heteroatoms. The van der Waals surface area contributed by atoms with Crippen molar-refractivity contribution in [3.63, 3.8) is 0 Å². The topological polar surface area (TPSA) is 59.0 Å². The van der Waals surface area contributed by atoms with E-state index in [9.17, 15) is 0 Å². The Morgan fingerprint density at radius 2 is 1.75 bits per heavy atom. The third-order valence-electron chi connectivity index (χ3n) is 2.63. The molecule has 0 aliphatic rings. The van der Waals surface area contributed by atoms with Crippen molar-refractivity contribution >= 4 is 0 Å². The van der Waals surface area contributed by atoms with E-state index in [4.69, 9.17) is 15.7 Å². The molecule has 2 N–H and O–H groups in total. The summed E-state index contributed by atoms with van der Waals surface area (Å²) in [4.78, 5) is 0. The summed E-state index contributed by atoms with van der Waals surface area (Å²) in [6.07, 6.45) is 7.73. The van der Waals surface area contributed by atoms with Crippen LogP contribution < -0.4 is 5.73 Å². The van der Waals surface area contributed by atoms with Crippen LogP contribution >= 0.6 is 0 Å². The number of ether oxygens (including phenoxy) is 1. The first-order valence-electron chi connectivity index (χ1n) is 6.40. The molecule has 94 valence electrons. The van der Waals surface area contributed by atoms with E-state index in [-0.39, 0.29) is 0 Å². The van der Waals surface area contributed by atoms with Crippen LogP contribution in [0.5, 0.6) is 0 Å². The van der Waals surface area contributed by atoms with Crippen LogP contribution in [0.1, 0.15) is 58.8 Å². The van der Waals surface area contributed by atoms with Gasteiger partial charge in [-0.15, -0.1) is 0 Å². The Bertz CT molecular complexity index is 197. The molecule has 0 saturated heterocycles. The number of unbranched alkanes of at least 4 members (excludes halogenated alkanes) is 4. The molecule has 16 heavy (non-hydrogen) atoms. The third-order valence-corrected chi connectivity index (χ3v) is 2.63. The maximum atomic E-state index is 8.71.